The van der Waals surface area contributed by atoms with Crippen molar-refractivity contribution in [1.29, 1.82) is 0 Å². The highest BCUT2D eigenvalue weighted by Crippen LogP contribution is 2.17. The van der Waals surface area contributed by atoms with E-state index in [9.17, 15) is 8.42 Å². The maximum absolute atomic E-state index is 12.2. The highest BCUT2D eigenvalue weighted by Gasteiger charge is 2.17. The summed E-state index contributed by atoms with van der Waals surface area (Å²) in [5.74, 6) is 0.594. The number of nitrogens with one attached hydrogen (secondary N) is 3. The van der Waals surface area contributed by atoms with E-state index in [1.165, 1.54) is 0 Å². The zero-order valence-electron chi connectivity index (χ0n) is 16.4. The number of nitrogens with zero attached hydrogens (tertiary/aromatic N) is 2. The average Bonchev–Trinajstić information content (AvgIpc) is 2.96. The van der Waals surface area contributed by atoms with Gasteiger partial charge in [0.2, 0.25) is 10.0 Å². The molecule has 3 N–H and O–H groups in total. The fourth-order valence-corrected chi connectivity index (χ4v) is 4.59. The van der Waals surface area contributed by atoms with E-state index >= 15 is 0 Å². The van der Waals surface area contributed by atoms with Crippen LogP contribution in [0.25, 0.3) is 0 Å². The van der Waals surface area contributed by atoms with Crippen molar-refractivity contribution in [1.82, 2.24) is 20.3 Å². The smallest absolute Gasteiger partial charge is 0.213 e. The molecule has 0 bridgehead atoms. The van der Waals surface area contributed by atoms with Crippen molar-refractivity contribution >= 4 is 27.3 Å². The molecule has 1 unspecified atom stereocenters. The molecule has 0 spiro atoms. The minimum atomic E-state index is -3.35. The molecule has 1 aliphatic rings. The number of aryl methyl sites for hydroxylation is 2. The molecule has 2 rings (SSSR count). The third-order valence-electron chi connectivity index (χ3n) is 4.19. The SMILES string of the molecule is CCNC(=NCc1sc(C)nc1C)NCCS(=O)(=O)NCC1CCCCO1. The number of ether oxygens (including phenoxy) is 1. The first kappa shape index (κ1) is 22.1. The molecule has 1 aromatic rings. The number of aromatic nitrogens is 1. The Hall–Kier alpha value is -1.23. The van der Waals surface area contributed by atoms with Crippen molar-refractivity contribution < 1.29 is 13.2 Å². The number of hydrogen-bond acceptors (Lipinski definition) is 6. The molecule has 27 heavy (non-hydrogen) atoms. The van der Waals surface area contributed by atoms with E-state index in [1.54, 1.807) is 11.3 Å². The lowest BCUT2D eigenvalue weighted by Gasteiger charge is -2.22. The van der Waals surface area contributed by atoms with E-state index in [-0.39, 0.29) is 18.4 Å². The van der Waals surface area contributed by atoms with E-state index in [4.69, 9.17) is 4.74 Å². The van der Waals surface area contributed by atoms with Crippen LogP contribution in [0.3, 0.4) is 0 Å². The third kappa shape index (κ3) is 8.12. The Bertz CT molecular complexity index is 712. The molecular formula is C17H31N5O3S2. The fraction of sp³-hybridized carbons (Fsp3) is 0.765. The van der Waals surface area contributed by atoms with Crippen LogP contribution in [0.1, 0.15) is 41.8 Å². The van der Waals surface area contributed by atoms with Crippen LogP contribution in [-0.4, -0.2) is 57.5 Å². The monoisotopic (exact) mass is 417 g/mol. The summed E-state index contributed by atoms with van der Waals surface area (Å²) in [4.78, 5) is 10.0. The molecule has 154 valence electrons. The lowest BCUT2D eigenvalue weighted by Crippen LogP contribution is -2.42. The summed E-state index contributed by atoms with van der Waals surface area (Å²) in [6.07, 6.45) is 3.05. The largest absolute Gasteiger partial charge is 0.377 e. The molecule has 1 saturated heterocycles. The van der Waals surface area contributed by atoms with Crippen LogP contribution >= 0.6 is 11.3 Å². The van der Waals surface area contributed by atoms with E-state index in [0.29, 0.717) is 25.6 Å². The summed E-state index contributed by atoms with van der Waals surface area (Å²) >= 11 is 1.63. The van der Waals surface area contributed by atoms with E-state index < -0.39 is 10.0 Å². The number of guanidine groups is 1. The van der Waals surface area contributed by atoms with Gasteiger partial charge < -0.3 is 15.4 Å². The quantitative estimate of drug-likeness (QED) is 0.413. The van der Waals surface area contributed by atoms with Gasteiger partial charge in [0.05, 0.1) is 29.1 Å². The van der Waals surface area contributed by atoms with Gasteiger partial charge in [0.25, 0.3) is 0 Å². The number of rotatable bonds is 9. The second-order valence-electron chi connectivity index (χ2n) is 6.52. The Kier molecular flexibility index (Phi) is 8.94. The van der Waals surface area contributed by atoms with Crippen LogP contribution in [0.15, 0.2) is 4.99 Å². The highest BCUT2D eigenvalue weighted by atomic mass is 32.2. The van der Waals surface area contributed by atoms with Crippen LogP contribution in [0.5, 0.6) is 0 Å². The summed E-state index contributed by atoms with van der Waals surface area (Å²) in [7, 11) is -3.35. The standard InChI is InChI=1S/C17H31N5O3S2/c1-4-18-17(20-12-16-13(2)22-14(3)26-16)19-8-10-27(23,24)21-11-15-7-5-6-9-25-15/h15,21H,4-12H2,1-3H3,(H2,18,19,20). The summed E-state index contributed by atoms with van der Waals surface area (Å²) in [5.41, 5.74) is 0.994. The number of thiazole rings is 1. The molecule has 1 aromatic heterocycles. The van der Waals surface area contributed by atoms with Gasteiger partial charge in [0.15, 0.2) is 5.96 Å². The van der Waals surface area contributed by atoms with Crippen molar-refractivity contribution in [3.8, 4) is 0 Å². The molecule has 0 aliphatic carbocycles. The summed E-state index contributed by atoms with van der Waals surface area (Å²) < 4.78 is 32.5. The van der Waals surface area contributed by atoms with Gasteiger partial charge in [-0.2, -0.15) is 0 Å². The maximum atomic E-state index is 12.2. The molecule has 0 amide bonds. The first-order valence-electron chi connectivity index (χ1n) is 9.43. The first-order valence-corrected chi connectivity index (χ1v) is 11.9. The number of aliphatic imine (C=N–C) groups is 1. The highest BCUT2D eigenvalue weighted by molar-refractivity contribution is 7.89. The van der Waals surface area contributed by atoms with Crippen molar-refractivity contribution in [3.05, 3.63) is 15.6 Å². The van der Waals surface area contributed by atoms with Crippen molar-refractivity contribution in [2.24, 2.45) is 4.99 Å². The molecule has 10 heteroatoms. The van der Waals surface area contributed by atoms with E-state index in [1.807, 2.05) is 20.8 Å². The Morgan fingerprint density at radius 3 is 2.78 bits per heavy atom. The zero-order chi connectivity index (χ0) is 19.7. The predicted molar refractivity (Wildman–Crippen MR) is 110 cm³/mol. The molecule has 2 heterocycles. The fourth-order valence-electron chi connectivity index (χ4n) is 2.78. The Balaban J connectivity index is 1.78. The van der Waals surface area contributed by atoms with Gasteiger partial charge in [-0.1, -0.05) is 0 Å². The number of hydrogen-bond donors (Lipinski definition) is 3. The average molecular weight is 418 g/mol. The molecular weight excluding hydrogens is 386 g/mol. The molecule has 8 nitrogen and oxygen atoms in total. The minimum absolute atomic E-state index is 0.00790. The van der Waals surface area contributed by atoms with Crippen molar-refractivity contribution in [3.63, 3.8) is 0 Å². The predicted octanol–water partition coefficient (Wildman–Crippen LogP) is 1.30. The Morgan fingerprint density at radius 2 is 2.15 bits per heavy atom. The van der Waals surface area contributed by atoms with Crippen LogP contribution < -0.4 is 15.4 Å². The lowest BCUT2D eigenvalue weighted by atomic mass is 10.1. The maximum Gasteiger partial charge on any atom is 0.213 e. The van der Waals surface area contributed by atoms with Gasteiger partial charge in [-0.15, -0.1) is 11.3 Å². The van der Waals surface area contributed by atoms with Gasteiger partial charge in [-0.3, -0.25) is 0 Å². The van der Waals surface area contributed by atoms with Crippen LogP contribution in [0.4, 0.5) is 0 Å². The lowest BCUT2D eigenvalue weighted by molar-refractivity contribution is 0.0200. The van der Waals surface area contributed by atoms with Crippen LogP contribution in [0, 0.1) is 13.8 Å². The van der Waals surface area contributed by atoms with Gasteiger partial charge in [0.1, 0.15) is 0 Å². The molecule has 0 saturated carbocycles. The van der Waals surface area contributed by atoms with E-state index in [0.717, 1.165) is 41.4 Å². The minimum Gasteiger partial charge on any atom is -0.377 e. The second kappa shape index (κ2) is 10.9. The normalized spacial score (nSPS) is 18.5. The van der Waals surface area contributed by atoms with Crippen LogP contribution in [-0.2, 0) is 21.3 Å². The zero-order valence-corrected chi connectivity index (χ0v) is 18.0. The topological polar surface area (TPSA) is 105 Å². The Morgan fingerprint density at radius 1 is 1.33 bits per heavy atom. The Labute approximate surface area is 166 Å². The van der Waals surface area contributed by atoms with Gasteiger partial charge in [0, 0.05) is 31.1 Å². The molecule has 1 aliphatic heterocycles. The van der Waals surface area contributed by atoms with Gasteiger partial charge >= 0.3 is 0 Å². The molecule has 1 atom stereocenters. The van der Waals surface area contributed by atoms with E-state index in [2.05, 4.69) is 25.3 Å². The summed E-state index contributed by atoms with van der Waals surface area (Å²) in [6.45, 7) is 8.51. The van der Waals surface area contributed by atoms with Gasteiger partial charge in [-0.25, -0.2) is 23.1 Å². The van der Waals surface area contributed by atoms with Gasteiger partial charge in [-0.05, 0) is 40.0 Å². The number of sulfonamides is 1. The summed E-state index contributed by atoms with van der Waals surface area (Å²) in [5, 5.41) is 7.24. The van der Waals surface area contributed by atoms with Crippen molar-refractivity contribution in [2.45, 2.75) is 52.7 Å². The second-order valence-corrected chi connectivity index (χ2v) is 9.73. The van der Waals surface area contributed by atoms with Crippen LogP contribution in [0.2, 0.25) is 0 Å². The molecule has 1 fully saturated rings. The molecule has 0 radical (unpaired) electrons. The third-order valence-corrected chi connectivity index (χ3v) is 6.60. The summed E-state index contributed by atoms with van der Waals surface area (Å²) in [6, 6.07) is 0. The van der Waals surface area contributed by atoms with Crippen molar-refractivity contribution in [2.75, 3.05) is 32.0 Å². The first-order chi connectivity index (χ1) is 12.9. The molecule has 0 aromatic carbocycles.